The first-order valence-corrected chi connectivity index (χ1v) is 5.31. The average molecular weight is 275 g/mol. The fourth-order valence-electron chi connectivity index (χ4n) is 1.36. The van der Waals surface area contributed by atoms with E-state index in [-0.39, 0.29) is 17.4 Å². The molecule has 0 bridgehead atoms. The number of imide groups is 1. The number of carbonyl (C=O) groups is 2. The smallest absolute Gasteiger partial charge is 0.409 e. The van der Waals surface area contributed by atoms with Gasteiger partial charge in [-0.1, -0.05) is 17.3 Å². The van der Waals surface area contributed by atoms with Crippen molar-refractivity contribution in [3.05, 3.63) is 36.2 Å². The Morgan fingerprint density at radius 3 is 2.75 bits per heavy atom. The van der Waals surface area contributed by atoms with E-state index in [9.17, 15) is 9.59 Å². The molecule has 0 saturated carbocycles. The maximum absolute atomic E-state index is 11.6. The lowest BCUT2D eigenvalue weighted by molar-refractivity contribution is -0.113. The lowest BCUT2D eigenvalue weighted by Crippen LogP contribution is -2.39. The van der Waals surface area contributed by atoms with Crippen LogP contribution in [-0.4, -0.2) is 27.8 Å². The molecule has 0 atom stereocenters. The zero-order valence-electron chi connectivity index (χ0n) is 9.99. The molecule has 0 radical (unpaired) electrons. The first-order chi connectivity index (χ1) is 9.58. The van der Waals surface area contributed by atoms with Gasteiger partial charge < -0.3 is 10.5 Å². The topological polar surface area (TPSA) is 144 Å². The van der Waals surface area contributed by atoms with E-state index in [4.69, 9.17) is 15.9 Å². The van der Waals surface area contributed by atoms with Crippen LogP contribution >= 0.6 is 0 Å². The summed E-state index contributed by atoms with van der Waals surface area (Å²) in [6, 6.07) is 5.16. The lowest BCUT2D eigenvalue weighted by Gasteiger charge is -2.08. The van der Waals surface area contributed by atoms with Gasteiger partial charge in [-0.2, -0.15) is 4.98 Å². The highest BCUT2D eigenvalue weighted by Gasteiger charge is 2.18. The third kappa shape index (κ3) is 2.96. The normalized spacial score (nSPS) is 9.80. The molecule has 0 fully saturated rings. The van der Waals surface area contributed by atoms with Gasteiger partial charge in [0.1, 0.15) is 11.5 Å². The monoisotopic (exact) mass is 275 g/mol. The number of nitrogens with two attached hydrogens (primary N) is 1. The van der Waals surface area contributed by atoms with Gasteiger partial charge in [-0.15, -0.1) is 0 Å². The maximum atomic E-state index is 11.6. The molecule has 0 aliphatic carbocycles. The quantitative estimate of drug-likeness (QED) is 0.690. The predicted molar refractivity (Wildman–Crippen MR) is 65.4 cm³/mol. The Morgan fingerprint density at radius 2 is 2.10 bits per heavy atom. The average Bonchev–Trinajstić information content (AvgIpc) is 2.90. The molecular weight excluding hydrogens is 266 g/mol. The Balaban J connectivity index is 2.25. The Labute approximate surface area is 112 Å². The first-order valence-electron chi connectivity index (χ1n) is 5.31. The van der Waals surface area contributed by atoms with Crippen molar-refractivity contribution in [2.24, 2.45) is 5.73 Å². The van der Waals surface area contributed by atoms with Crippen molar-refractivity contribution in [2.75, 3.05) is 0 Å². The van der Waals surface area contributed by atoms with Gasteiger partial charge in [0.2, 0.25) is 0 Å². The molecule has 0 spiro atoms. The van der Waals surface area contributed by atoms with Gasteiger partial charge in [-0.3, -0.25) is 20.0 Å². The van der Waals surface area contributed by atoms with Gasteiger partial charge in [0.05, 0.1) is 0 Å². The van der Waals surface area contributed by atoms with Crippen LogP contribution < -0.4 is 15.8 Å². The Bertz CT molecular complexity index is 653. The summed E-state index contributed by atoms with van der Waals surface area (Å²) >= 11 is 0. The van der Waals surface area contributed by atoms with Gasteiger partial charge >= 0.3 is 12.1 Å². The number of benzene rings is 1. The van der Waals surface area contributed by atoms with Crippen LogP contribution in [0.4, 0.5) is 4.79 Å². The first kappa shape index (κ1) is 13.2. The van der Waals surface area contributed by atoms with Crippen molar-refractivity contribution in [3.63, 3.8) is 0 Å². The third-order valence-corrected chi connectivity index (χ3v) is 2.16. The molecule has 0 aliphatic heterocycles. The highest BCUT2D eigenvalue weighted by molar-refractivity contribution is 6.46. The van der Waals surface area contributed by atoms with Crippen LogP contribution in [0.1, 0.15) is 5.56 Å². The van der Waals surface area contributed by atoms with Crippen LogP contribution in [0.25, 0.3) is 0 Å². The van der Waals surface area contributed by atoms with Crippen molar-refractivity contribution in [1.29, 1.82) is 5.41 Å². The van der Waals surface area contributed by atoms with Crippen LogP contribution in [0, 0.1) is 5.41 Å². The Kier molecular flexibility index (Phi) is 3.70. The molecule has 9 nitrogen and oxygen atoms in total. The minimum atomic E-state index is -1.05. The van der Waals surface area contributed by atoms with Gasteiger partial charge in [0, 0.05) is 5.56 Å². The highest BCUT2D eigenvalue weighted by atomic mass is 16.6. The second kappa shape index (κ2) is 5.61. The molecule has 2 rings (SSSR count). The van der Waals surface area contributed by atoms with Crippen LogP contribution in [0.15, 0.2) is 35.1 Å². The van der Waals surface area contributed by atoms with E-state index in [1.165, 1.54) is 12.1 Å². The van der Waals surface area contributed by atoms with Crippen molar-refractivity contribution in [1.82, 2.24) is 15.5 Å². The number of urea groups is 1. The molecule has 20 heavy (non-hydrogen) atoms. The van der Waals surface area contributed by atoms with Crippen molar-refractivity contribution in [2.45, 2.75) is 0 Å². The summed E-state index contributed by atoms with van der Waals surface area (Å²) in [6.07, 6.45) is 1.00. The summed E-state index contributed by atoms with van der Waals surface area (Å²) in [7, 11) is 0. The zero-order chi connectivity index (χ0) is 14.5. The molecule has 1 aromatic heterocycles. The summed E-state index contributed by atoms with van der Waals surface area (Å²) in [5.74, 6) is -0.791. The van der Waals surface area contributed by atoms with E-state index in [0.29, 0.717) is 0 Å². The molecule has 4 N–H and O–H groups in total. The standard InChI is InChI=1S/C11H9N5O4/c12-8(9(17)16-10(13)18)6-3-1-2-4-7(6)19-11-14-5-15-20-11/h1-5,12H,(H3,13,16,17,18). The number of amides is 3. The van der Waals surface area contributed by atoms with Gasteiger partial charge in [-0.25, -0.2) is 4.79 Å². The molecule has 0 saturated heterocycles. The SMILES string of the molecule is N=C(C(=O)NC(N)=O)c1ccccc1Oc1ncno1. The number of ether oxygens (including phenoxy) is 1. The Hall–Kier alpha value is -3.23. The van der Waals surface area contributed by atoms with E-state index >= 15 is 0 Å². The largest absolute Gasteiger partial charge is 0.422 e. The van der Waals surface area contributed by atoms with Crippen LogP contribution in [0.3, 0.4) is 0 Å². The van der Waals surface area contributed by atoms with E-state index < -0.39 is 17.6 Å². The summed E-state index contributed by atoms with van der Waals surface area (Å²) in [6.45, 7) is 0. The highest BCUT2D eigenvalue weighted by Crippen LogP contribution is 2.23. The molecule has 1 heterocycles. The van der Waals surface area contributed by atoms with E-state index in [1.54, 1.807) is 17.4 Å². The van der Waals surface area contributed by atoms with Gasteiger partial charge in [0.25, 0.3) is 5.91 Å². The van der Waals surface area contributed by atoms with Gasteiger partial charge in [0.15, 0.2) is 6.33 Å². The summed E-state index contributed by atoms with van der Waals surface area (Å²) in [5, 5.41) is 12.9. The third-order valence-electron chi connectivity index (χ3n) is 2.16. The van der Waals surface area contributed by atoms with Crippen LogP contribution in [-0.2, 0) is 4.79 Å². The number of primary amides is 1. The van der Waals surface area contributed by atoms with Crippen molar-refractivity contribution in [3.8, 4) is 11.8 Å². The lowest BCUT2D eigenvalue weighted by atomic mass is 10.1. The zero-order valence-corrected chi connectivity index (χ0v) is 9.99. The van der Waals surface area contributed by atoms with Crippen LogP contribution in [0.5, 0.6) is 11.8 Å². The number of rotatable bonds is 4. The number of para-hydroxylation sites is 1. The minimum absolute atomic E-state index is 0.138. The van der Waals surface area contributed by atoms with E-state index in [1.807, 2.05) is 0 Å². The second-order valence-corrected chi connectivity index (χ2v) is 3.50. The summed E-state index contributed by atoms with van der Waals surface area (Å²) in [4.78, 5) is 25.8. The summed E-state index contributed by atoms with van der Waals surface area (Å²) in [5.41, 5.74) is 4.48. The number of aromatic nitrogens is 2. The molecular formula is C11H9N5O4. The fourth-order valence-corrected chi connectivity index (χ4v) is 1.36. The molecule has 1 aromatic carbocycles. The molecule has 9 heteroatoms. The molecule has 2 aromatic rings. The van der Waals surface area contributed by atoms with Crippen LogP contribution in [0.2, 0.25) is 0 Å². The number of nitrogens with zero attached hydrogens (tertiary/aromatic N) is 2. The van der Waals surface area contributed by atoms with Crippen molar-refractivity contribution >= 4 is 17.6 Å². The maximum Gasteiger partial charge on any atom is 0.422 e. The van der Waals surface area contributed by atoms with E-state index in [0.717, 1.165) is 6.33 Å². The minimum Gasteiger partial charge on any atom is -0.409 e. The predicted octanol–water partition coefficient (Wildman–Crippen LogP) is 0.425. The molecule has 0 unspecified atom stereocenters. The fraction of sp³-hybridized carbons (Fsp3) is 0. The summed E-state index contributed by atoms with van der Waals surface area (Å²) < 4.78 is 9.92. The second-order valence-electron chi connectivity index (χ2n) is 3.50. The Morgan fingerprint density at radius 1 is 1.35 bits per heavy atom. The molecule has 0 aliphatic rings. The number of hydrogen-bond donors (Lipinski definition) is 3. The van der Waals surface area contributed by atoms with Gasteiger partial charge in [-0.05, 0) is 12.1 Å². The van der Waals surface area contributed by atoms with E-state index in [2.05, 4.69) is 14.7 Å². The van der Waals surface area contributed by atoms with Crippen molar-refractivity contribution < 1.29 is 18.8 Å². The number of hydrogen-bond acceptors (Lipinski definition) is 7. The number of carbonyl (C=O) groups excluding carboxylic acids is 2. The molecule has 3 amide bonds. The number of nitrogens with one attached hydrogen (secondary N) is 2. The molecule has 102 valence electrons.